The number of carbonyl (C=O) groups is 1. The van der Waals surface area contributed by atoms with Gasteiger partial charge in [0.1, 0.15) is 0 Å². The molecule has 0 atom stereocenters. The van der Waals surface area contributed by atoms with Crippen LogP contribution in [0.1, 0.15) is 12.7 Å². The number of anilines is 1. The summed E-state index contributed by atoms with van der Waals surface area (Å²) < 4.78 is 6.92. The first-order chi connectivity index (χ1) is 13.2. The predicted octanol–water partition coefficient (Wildman–Crippen LogP) is 4.19. The second kappa shape index (κ2) is 9.43. The third-order valence-electron chi connectivity index (χ3n) is 3.61. The first-order valence-corrected chi connectivity index (χ1v) is 9.81. The first-order valence-electron chi connectivity index (χ1n) is 8.45. The molecule has 0 fully saturated rings. The third kappa shape index (κ3) is 5.24. The molecule has 0 saturated carbocycles. The number of ether oxygens (including phenoxy) is 1. The lowest BCUT2D eigenvalue weighted by atomic mass is 10.3. The quantitative estimate of drug-likeness (QED) is 0.450. The zero-order valence-electron chi connectivity index (χ0n) is 14.8. The minimum absolute atomic E-state index is 0.181. The number of thioether (sulfide) groups is 1. The molecule has 6 nitrogen and oxygen atoms in total. The van der Waals surface area contributed by atoms with Gasteiger partial charge in [0.25, 0.3) is 0 Å². The van der Waals surface area contributed by atoms with E-state index in [2.05, 4.69) is 15.5 Å². The van der Waals surface area contributed by atoms with Crippen molar-refractivity contribution in [1.82, 2.24) is 14.8 Å². The molecule has 0 bridgehead atoms. The number of nitrogens with zero attached hydrogens (tertiary/aromatic N) is 3. The number of hydrogen-bond donors (Lipinski definition) is 1. The molecule has 0 aliphatic rings. The van der Waals surface area contributed by atoms with Crippen molar-refractivity contribution < 1.29 is 9.53 Å². The number of carbonyl (C=O) groups excluding carboxylic acids is 1. The molecule has 1 N–H and O–H groups in total. The normalized spacial score (nSPS) is 10.6. The van der Waals surface area contributed by atoms with Crippen molar-refractivity contribution in [2.24, 2.45) is 0 Å². The number of halogens is 1. The van der Waals surface area contributed by atoms with Crippen LogP contribution in [0.4, 0.5) is 5.69 Å². The van der Waals surface area contributed by atoms with Crippen molar-refractivity contribution in [1.29, 1.82) is 0 Å². The number of benzene rings is 2. The Kier molecular flexibility index (Phi) is 6.73. The molecule has 0 spiro atoms. The summed E-state index contributed by atoms with van der Waals surface area (Å²) in [7, 11) is 0. The van der Waals surface area contributed by atoms with Crippen molar-refractivity contribution in [3.63, 3.8) is 0 Å². The van der Waals surface area contributed by atoms with Gasteiger partial charge in [-0.3, -0.25) is 9.36 Å². The van der Waals surface area contributed by atoms with Crippen molar-refractivity contribution in [3.8, 4) is 5.69 Å². The van der Waals surface area contributed by atoms with Gasteiger partial charge in [0.15, 0.2) is 11.0 Å². The van der Waals surface area contributed by atoms with Gasteiger partial charge in [-0.15, -0.1) is 10.2 Å². The second-order valence-electron chi connectivity index (χ2n) is 5.53. The monoisotopic (exact) mass is 402 g/mol. The maximum Gasteiger partial charge on any atom is 0.316 e. The van der Waals surface area contributed by atoms with Crippen molar-refractivity contribution in [2.45, 2.75) is 18.6 Å². The summed E-state index contributed by atoms with van der Waals surface area (Å²) in [5, 5.41) is 13.2. The number of para-hydroxylation sites is 1. The van der Waals surface area contributed by atoms with Crippen LogP contribution >= 0.6 is 23.4 Å². The summed E-state index contributed by atoms with van der Waals surface area (Å²) in [4.78, 5) is 11.7. The van der Waals surface area contributed by atoms with E-state index in [1.165, 1.54) is 11.8 Å². The Labute approximate surface area is 166 Å². The van der Waals surface area contributed by atoms with Gasteiger partial charge < -0.3 is 10.1 Å². The van der Waals surface area contributed by atoms with Gasteiger partial charge in [0.05, 0.1) is 18.9 Å². The molecule has 140 valence electrons. The van der Waals surface area contributed by atoms with Crippen LogP contribution in [0.2, 0.25) is 5.02 Å². The summed E-state index contributed by atoms with van der Waals surface area (Å²) in [6, 6.07) is 17.3. The number of aromatic nitrogens is 3. The Morgan fingerprint density at radius 1 is 1.19 bits per heavy atom. The van der Waals surface area contributed by atoms with Crippen molar-refractivity contribution >= 4 is 35.0 Å². The highest BCUT2D eigenvalue weighted by molar-refractivity contribution is 7.99. The molecule has 8 heteroatoms. The smallest absolute Gasteiger partial charge is 0.316 e. The molecule has 0 radical (unpaired) electrons. The summed E-state index contributed by atoms with van der Waals surface area (Å²) >= 11 is 7.33. The van der Waals surface area contributed by atoms with E-state index in [1.807, 2.05) is 59.2 Å². The molecular formula is C19H19ClN4O2S. The Morgan fingerprint density at radius 3 is 2.74 bits per heavy atom. The lowest BCUT2D eigenvalue weighted by molar-refractivity contribution is -0.139. The van der Waals surface area contributed by atoms with Crippen LogP contribution in [0, 0.1) is 0 Å². The molecule has 0 saturated heterocycles. The fraction of sp³-hybridized carbons (Fsp3) is 0.211. The van der Waals surface area contributed by atoms with E-state index in [0.29, 0.717) is 23.3 Å². The lowest BCUT2D eigenvalue weighted by Gasteiger charge is -2.11. The van der Waals surface area contributed by atoms with Crippen LogP contribution in [0.5, 0.6) is 0 Å². The molecule has 0 amide bonds. The minimum Gasteiger partial charge on any atom is -0.465 e. The minimum atomic E-state index is -0.274. The summed E-state index contributed by atoms with van der Waals surface area (Å²) in [5.41, 5.74) is 1.82. The van der Waals surface area contributed by atoms with Gasteiger partial charge in [-0.25, -0.2) is 0 Å². The molecule has 2 aromatic carbocycles. The van der Waals surface area contributed by atoms with Gasteiger partial charge in [0.2, 0.25) is 0 Å². The molecule has 0 aliphatic carbocycles. The SMILES string of the molecule is CCOC(=O)CSc1nnc(CNc2cccc(Cl)c2)n1-c1ccccc1. The van der Waals surface area contributed by atoms with Gasteiger partial charge in [-0.1, -0.05) is 47.6 Å². The molecule has 0 unspecified atom stereocenters. The van der Waals surface area contributed by atoms with Crippen LogP contribution in [0.3, 0.4) is 0 Å². The van der Waals surface area contributed by atoms with Crippen LogP contribution in [-0.2, 0) is 16.1 Å². The predicted molar refractivity (Wildman–Crippen MR) is 107 cm³/mol. The lowest BCUT2D eigenvalue weighted by Crippen LogP contribution is -2.10. The topological polar surface area (TPSA) is 69.0 Å². The Bertz CT molecular complexity index is 902. The average molecular weight is 403 g/mol. The summed E-state index contributed by atoms with van der Waals surface area (Å²) in [6.07, 6.45) is 0. The highest BCUT2D eigenvalue weighted by atomic mass is 35.5. The standard InChI is InChI=1S/C19H19ClN4O2S/c1-2-26-18(25)13-27-19-23-22-17(24(19)16-9-4-3-5-10-16)12-21-15-8-6-7-14(20)11-15/h3-11,21H,2,12-13H2,1H3. The largest absolute Gasteiger partial charge is 0.465 e. The second-order valence-corrected chi connectivity index (χ2v) is 6.91. The molecular weight excluding hydrogens is 384 g/mol. The maximum atomic E-state index is 11.7. The Morgan fingerprint density at radius 2 is 2.00 bits per heavy atom. The van der Waals surface area contributed by atoms with Gasteiger partial charge in [0, 0.05) is 16.4 Å². The first kappa shape index (κ1) is 19.3. The van der Waals surface area contributed by atoms with Crippen molar-refractivity contribution in [2.75, 3.05) is 17.7 Å². The van der Waals surface area contributed by atoms with E-state index in [-0.39, 0.29) is 11.7 Å². The Hall–Kier alpha value is -2.51. The highest BCUT2D eigenvalue weighted by Crippen LogP contribution is 2.23. The van der Waals surface area contributed by atoms with E-state index in [9.17, 15) is 4.79 Å². The molecule has 1 aromatic heterocycles. The maximum absolute atomic E-state index is 11.7. The summed E-state index contributed by atoms with van der Waals surface area (Å²) in [6.45, 7) is 2.61. The van der Waals surface area contributed by atoms with E-state index >= 15 is 0 Å². The zero-order valence-corrected chi connectivity index (χ0v) is 16.3. The van der Waals surface area contributed by atoms with E-state index < -0.39 is 0 Å². The third-order valence-corrected chi connectivity index (χ3v) is 4.75. The fourth-order valence-electron chi connectivity index (χ4n) is 2.45. The van der Waals surface area contributed by atoms with Crippen molar-refractivity contribution in [3.05, 3.63) is 65.4 Å². The Balaban J connectivity index is 1.81. The molecule has 1 heterocycles. The number of esters is 1. The zero-order chi connectivity index (χ0) is 19.1. The van der Waals surface area contributed by atoms with Crippen LogP contribution < -0.4 is 5.32 Å². The summed E-state index contributed by atoms with van der Waals surface area (Å²) in [5.74, 6) is 0.636. The fourth-order valence-corrected chi connectivity index (χ4v) is 3.41. The van der Waals surface area contributed by atoms with E-state index in [4.69, 9.17) is 16.3 Å². The molecule has 27 heavy (non-hydrogen) atoms. The van der Waals surface area contributed by atoms with Crippen LogP contribution in [0.25, 0.3) is 5.69 Å². The molecule has 0 aliphatic heterocycles. The van der Waals surface area contributed by atoms with E-state index in [0.717, 1.165) is 17.2 Å². The highest BCUT2D eigenvalue weighted by Gasteiger charge is 2.16. The molecule has 3 aromatic rings. The average Bonchev–Trinajstić information content (AvgIpc) is 3.08. The van der Waals surface area contributed by atoms with E-state index in [1.54, 1.807) is 6.92 Å². The number of hydrogen-bond acceptors (Lipinski definition) is 6. The van der Waals surface area contributed by atoms with Gasteiger partial charge in [-0.05, 0) is 37.3 Å². The number of nitrogens with one attached hydrogen (secondary N) is 1. The number of rotatable bonds is 8. The van der Waals surface area contributed by atoms with Gasteiger partial charge in [-0.2, -0.15) is 0 Å². The van der Waals surface area contributed by atoms with Crippen LogP contribution in [0.15, 0.2) is 59.8 Å². The van der Waals surface area contributed by atoms with Gasteiger partial charge >= 0.3 is 5.97 Å². The van der Waals surface area contributed by atoms with Crippen LogP contribution in [-0.4, -0.2) is 33.1 Å². The molecule has 3 rings (SSSR count).